The lowest BCUT2D eigenvalue weighted by Crippen LogP contribution is -2.37. The van der Waals surface area contributed by atoms with Crippen LogP contribution >= 0.6 is 0 Å². The fourth-order valence-electron chi connectivity index (χ4n) is 4.26. The number of aromatic nitrogens is 2. The van der Waals surface area contributed by atoms with E-state index in [1.165, 1.54) is 24.1 Å². The van der Waals surface area contributed by atoms with Crippen LogP contribution in [0, 0.1) is 0 Å². The summed E-state index contributed by atoms with van der Waals surface area (Å²) in [6.07, 6.45) is 4.60. The quantitative estimate of drug-likeness (QED) is 0.551. The molecule has 1 aliphatic carbocycles. The standard InChI is InChI=1S/C25H34N6.CH4/c1-30(2)21-15-9-18(10-16-21)17-26-19-11-13-20(14-12-19)27-25-28-23-8-6-5-7-22(23)24(29-25)31(3)4;/h5-10,15-16,19-20,26H,11-14,17H2,1-4H3,(H,27,28,29);1H4. The van der Waals surface area contributed by atoms with E-state index in [9.17, 15) is 0 Å². The smallest absolute Gasteiger partial charge is 0.225 e. The van der Waals surface area contributed by atoms with Crippen molar-refractivity contribution in [3.8, 4) is 0 Å². The summed E-state index contributed by atoms with van der Waals surface area (Å²) in [5, 5.41) is 8.43. The molecule has 0 saturated heterocycles. The number of nitrogens with zero attached hydrogens (tertiary/aromatic N) is 4. The predicted octanol–water partition coefficient (Wildman–Crippen LogP) is 4.91. The summed E-state index contributed by atoms with van der Waals surface area (Å²) >= 11 is 0. The molecule has 0 unspecified atom stereocenters. The molecule has 0 radical (unpaired) electrons. The number of hydrogen-bond donors (Lipinski definition) is 2. The van der Waals surface area contributed by atoms with E-state index in [0.29, 0.717) is 12.1 Å². The first-order valence-electron chi connectivity index (χ1n) is 11.2. The van der Waals surface area contributed by atoms with Crippen LogP contribution in [0.1, 0.15) is 38.7 Å². The van der Waals surface area contributed by atoms with E-state index < -0.39 is 0 Å². The van der Waals surface area contributed by atoms with Crippen molar-refractivity contribution in [2.45, 2.75) is 51.7 Å². The number of nitrogens with one attached hydrogen (secondary N) is 2. The fourth-order valence-corrected chi connectivity index (χ4v) is 4.26. The van der Waals surface area contributed by atoms with E-state index in [0.717, 1.165) is 42.1 Å². The van der Waals surface area contributed by atoms with Crippen molar-refractivity contribution in [3.05, 3.63) is 54.1 Å². The van der Waals surface area contributed by atoms with Gasteiger partial charge in [0.2, 0.25) is 5.95 Å². The maximum absolute atomic E-state index is 4.79. The van der Waals surface area contributed by atoms with Crippen molar-refractivity contribution >= 4 is 28.4 Å². The molecular formula is C26H38N6. The van der Waals surface area contributed by atoms with Gasteiger partial charge >= 0.3 is 0 Å². The Balaban J connectivity index is 0.00000289. The number of rotatable bonds is 7. The third kappa shape index (κ3) is 5.68. The zero-order valence-electron chi connectivity index (χ0n) is 19.1. The molecule has 6 heteroatoms. The number of hydrogen-bond acceptors (Lipinski definition) is 6. The average Bonchev–Trinajstić information content (AvgIpc) is 2.78. The van der Waals surface area contributed by atoms with Gasteiger partial charge in [-0.3, -0.25) is 0 Å². The minimum Gasteiger partial charge on any atom is -0.378 e. The lowest BCUT2D eigenvalue weighted by Gasteiger charge is -2.30. The Kier molecular flexibility index (Phi) is 7.91. The van der Waals surface area contributed by atoms with E-state index >= 15 is 0 Å². The zero-order valence-corrected chi connectivity index (χ0v) is 19.1. The molecule has 0 atom stereocenters. The number of fused-ring (bicyclic) bond motifs is 1. The van der Waals surface area contributed by atoms with Crippen molar-refractivity contribution in [1.82, 2.24) is 15.3 Å². The topological polar surface area (TPSA) is 56.3 Å². The number of benzene rings is 2. The Morgan fingerprint density at radius 1 is 0.812 bits per heavy atom. The van der Waals surface area contributed by atoms with Gasteiger partial charge in [0.15, 0.2) is 0 Å². The molecule has 4 rings (SSSR count). The fraction of sp³-hybridized carbons (Fsp3) is 0.462. The Morgan fingerprint density at radius 2 is 1.47 bits per heavy atom. The second-order valence-electron chi connectivity index (χ2n) is 8.92. The Labute approximate surface area is 193 Å². The average molecular weight is 435 g/mol. The monoisotopic (exact) mass is 434 g/mol. The maximum atomic E-state index is 4.79. The third-order valence-electron chi connectivity index (χ3n) is 6.11. The van der Waals surface area contributed by atoms with Crippen LogP contribution in [0.25, 0.3) is 10.9 Å². The van der Waals surface area contributed by atoms with Gasteiger partial charge < -0.3 is 20.4 Å². The summed E-state index contributed by atoms with van der Waals surface area (Å²) in [6.45, 7) is 0.927. The lowest BCUT2D eigenvalue weighted by atomic mass is 9.91. The lowest BCUT2D eigenvalue weighted by molar-refractivity contribution is 0.352. The molecule has 0 bridgehead atoms. The van der Waals surface area contributed by atoms with Crippen LogP contribution in [0.15, 0.2) is 48.5 Å². The Hall–Kier alpha value is -2.86. The molecule has 3 aromatic rings. The van der Waals surface area contributed by atoms with Crippen molar-refractivity contribution in [1.29, 1.82) is 0 Å². The molecule has 0 spiro atoms. The minimum atomic E-state index is 0. The van der Waals surface area contributed by atoms with Gasteiger partial charge in [-0.15, -0.1) is 0 Å². The molecule has 1 saturated carbocycles. The Morgan fingerprint density at radius 3 is 2.12 bits per heavy atom. The molecule has 2 N–H and O–H groups in total. The van der Waals surface area contributed by atoms with Gasteiger partial charge in [0.25, 0.3) is 0 Å². The first-order valence-corrected chi connectivity index (χ1v) is 11.2. The Bertz CT molecular complexity index is 991. The van der Waals surface area contributed by atoms with Crippen LogP contribution in [0.2, 0.25) is 0 Å². The molecule has 32 heavy (non-hydrogen) atoms. The molecule has 6 nitrogen and oxygen atoms in total. The molecule has 1 fully saturated rings. The minimum absolute atomic E-state index is 0. The van der Waals surface area contributed by atoms with Crippen LogP contribution in [0.5, 0.6) is 0 Å². The van der Waals surface area contributed by atoms with Crippen LogP contribution in [0.3, 0.4) is 0 Å². The number of anilines is 3. The first-order chi connectivity index (χ1) is 15.0. The van der Waals surface area contributed by atoms with Crippen LogP contribution < -0.4 is 20.4 Å². The van der Waals surface area contributed by atoms with Crippen molar-refractivity contribution in [2.24, 2.45) is 0 Å². The van der Waals surface area contributed by atoms with Gasteiger partial charge in [0.05, 0.1) is 5.52 Å². The van der Waals surface area contributed by atoms with E-state index in [2.05, 4.69) is 70.9 Å². The van der Waals surface area contributed by atoms with Gasteiger partial charge in [-0.05, 0) is 55.5 Å². The molecular weight excluding hydrogens is 396 g/mol. The molecule has 2 aromatic carbocycles. The molecule has 1 aromatic heterocycles. The largest absolute Gasteiger partial charge is 0.378 e. The van der Waals surface area contributed by atoms with Crippen molar-refractivity contribution in [2.75, 3.05) is 43.3 Å². The van der Waals surface area contributed by atoms with Gasteiger partial charge in [-0.25, -0.2) is 4.98 Å². The van der Waals surface area contributed by atoms with E-state index in [-0.39, 0.29) is 7.43 Å². The third-order valence-corrected chi connectivity index (χ3v) is 6.11. The highest BCUT2D eigenvalue weighted by atomic mass is 15.2. The van der Waals surface area contributed by atoms with Crippen molar-refractivity contribution < 1.29 is 0 Å². The first kappa shape index (κ1) is 23.8. The molecule has 172 valence electrons. The summed E-state index contributed by atoms with van der Waals surface area (Å²) in [5.74, 6) is 1.70. The van der Waals surface area contributed by atoms with E-state index in [4.69, 9.17) is 9.97 Å². The van der Waals surface area contributed by atoms with Gasteiger partial charge in [-0.2, -0.15) is 4.98 Å². The normalized spacial score (nSPS) is 18.1. The highest BCUT2D eigenvalue weighted by Crippen LogP contribution is 2.26. The van der Waals surface area contributed by atoms with E-state index in [1.54, 1.807) is 0 Å². The second kappa shape index (κ2) is 10.6. The molecule has 0 amide bonds. The van der Waals surface area contributed by atoms with Crippen LogP contribution in [-0.2, 0) is 6.54 Å². The maximum Gasteiger partial charge on any atom is 0.225 e. The summed E-state index contributed by atoms with van der Waals surface area (Å²) in [6, 6.07) is 18.0. The SMILES string of the molecule is C.CN(C)c1ccc(CNC2CCC(Nc3nc(N(C)C)c4ccccc4n3)CC2)cc1. The highest BCUT2D eigenvalue weighted by Gasteiger charge is 2.22. The van der Waals surface area contributed by atoms with Crippen LogP contribution in [-0.4, -0.2) is 50.2 Å². The zero-order chi connectivity index (χ0) is 21.8. The summed E-state index contributed by atoms with van der Waals surface area (Å²) in [5.41, 5.74) is 3.56. The summed E-state index contributed by atoms with van der Waals surface area (Å²) in [4.78, 5) is 13.7. The van der Waals surface area contributed by atoms with Gasteiger partial charge in [0, 0.05) is 57.9 Å². The predicted molar refractivity (Wildman–Crippen MR) is 138 cm³/mol. The van der Waals surface area contributed by atoms with Gasteiger partial charge in [0.1, 0.15) is 5.82 Å². The summed E-state index contributed by atoms with van der Waals surface area (Å²) < 4.78 is 0. The second-order valence-corrected chi connectivity index (χ2v) is 8.92. The van der Waals surface area contributed by atoms with E-state index in [1.807, 2.05) is 26.2 Å². The van der Waals surface area contributed by atoms with Gasteiger partial charge in [-0.1, -0.05) is 31.7 Å². The molecule has 1 heterocycles. The highest BCUT2D eigenvalue weighted by molar-refractivity contribution is 5.90. The van der Waals surface area contributed by atoms with Crippen LogP contribution in [0.4, 0.5) is 17.5 Å². The molecule has 0 aliphatic heterocycles. The van der Waals surface area contributed by atoms with Crippen molar-refractivity contribution in [3.63, 3.8) is 0 Å². The number of para-hydroxylation sites is 1. The summed E-state index contributed by atoms with van der Waals surface area (Å²) in [7, 11) is 8.21. The molecule has 1 aliphatic rings.